The molecule has 138 valence electrons. The number of carbonyl (C=O) groups excluding carboxylic acids is 2. The number of likely N-dealkylation sites (tertiary alicyclic amines) is 1. The van der Waals surface area contributed by atoms with Gasteiger partial charge in [0.2, 0.25) is 11.0 Å². The molecule has 2 aromatic rings. The fraction of sp³-hybridized carbons (Fsp3) is 0.444. The summed E-state index contributed by atoms with van der Waals surface area (Å²) < 4.78 is 5.28. The molecule has 1 aromatic heterocycles. The van der Waals surface area contributed by atoms with Crippen LogP contribution >= 0.6 is 11.3 Å². The van der Waals surface area contributed by atoms with Crippen LogP contribution < -0.4 is 5.32 Å². The minimum Gasteiger partial charge on any atom is -0.374 e. The van der Waals surface area contributed by atoms with E-state index in [1.807, 2.05) is 42.2 Å². The van der Waals surface area contributed by atoms with Crippen molar-refractivity contribution < 1.29 is 14.3 Å². The van der Waals surface area contributed by atoms with Gasteiger partial charge < -0.3 is 15.0 Å². The van der Waals surface area contributed by atoms with Crippen LogP contribution in [-0.2, 0) is 16.1 Å². The molecule has 1 aliphatic heterocycles. The van der Waals surface area contributed by atoms with E-state index in [0.29, 0.717) is 49.8 Å². The van der Waals surface area contributed by atoms with Crippen molar-refractivity contribution >= 4 is 28.3 Å². The molecule has 0 spiro atoms. The Labute approximate surface area is 156 Å². The molecule has 1 aromatic carbocycles. The van der Waals surface area contributed by atoms with Gasteiger partial charge in [-0.2, -0.15) is 0 Å². The van der Waals surface area contributed by atoms with E-state index in [2.05, 4.69) is 15.5 Å². The second kappa shape index (κ2) is 8.86. The average Bonchev–Trinajstić information content (AvgIpc) is 3.13. The summed E-state index contributed by atoms with van der Waals surface area (Å²) in [4.78, 5) is 26.7. The summed E-state index contributed by atoms with van der Waals surface area (Å²) in [6, 6.07) is 9.23. The molecule has 2 heterocycles. The number of aromatic nitrogens is 2. The minimum absolute atomic E-state index is 0.0224. The number of ether oxygens (including phenoxy) is 1. The zero-order chi connectivity index (χ0) is 18.4. The lowest BCUT2D eigenvalue weighted by molar-refractivity contribution is -0.121. The number of amides is 2. The molecule has 1 fully saturated rings. The molecule has 0 aliphatic carbocycles. The molecule has 1 saturated heterocycles. The van der Waals surface area contributed by atoms with Gasteiger partial charge in [0.15, 0.2) is 0 Å². The number of piperidine rings is 1. The molecular formula is C18H22N4O3S. The van der Waals surface area contributed by atoms with E-state index in [0.717, 1.165) is 5.01 Å². The summed E-state index contributed by atoms with van der Waals surface area (Å²) in [5, 5.41) is 12.0. The number of nitrogens with one attached hydrogen (secondary N) is 1. The summed E-state index contributed by atoms with van der Waals surface area (Å²) in [6.07, 6.45) is 1.30. The van der Waals surface area contributed by atoms with Gasteiger partial charge in [0.25, 0.3) is 5.91 Å². The first kappa shape index (κ1) is 18.5. The van der Waals surface area contributed by atoms with Gasteiger partial charge in [-0.05, 0) is 31.9 Å². The van der Waals surface area contributed by atoms with Gasteiger partial charge in [-0.15, -0.1) is 10.2 Å². The van der Waals surface area contributed by atoms with Crippen LogP contribution in [0.5, 0.6) is 0 Å². The number of hydrogen-bond acceptors (Lipinski definition) is 6. The number of hydrogen-bond donors (Lipinski definition) is 1. The molecule has 8 heteroatoms. The highest BCUT2D eigenvalue weighted by Crippen LogP contribution is 2.22. The molecular weight excluding hydrogens is 352 g/mol. The van der Waals surface area contributed by atoms with Gasteiger partial charge in [0.05, 0.1) is 0 Å². The zero-order valence-electron chi connectivity index (χ0n) is 14.7. The van der Waals surface area contributed by atoms with Crippen molar-refractivity contribution in [3.05, 3.63) is 40.9 Å². The topological polar surface area (TPSA) is 84.4 Å². The van der Waals surface area contributed by atoms with Crippen molar-refractivity contribution in [3.63, 3.8) is 0 Å². The lowest BCUT2D eigenvalue weighted by Gasteiger charge is -2.31. The molecule has 0 saturated carbocycles. The Morgan fingerprint density at radius 2 is 1.96 bits per heavy atom. The van der Waals surface area contributed by atoms with Crippen LogP contribution in [0.4, 0.5) is 5.13 Å². The lowest BCUT2D eigenvalue weighted by Crippen LogP contribution is -2.41. The van der Waals surface area contributed by atoms with E-state index in [1.54, 1.807) is 0 Å². The zero-order valence-corrected chi connectivity index (χ0v) is 15.5. The number of nitrogens with zero attached hydrogens (tertiary/aromatic N) is 3. The second-order valence-corrected chi connectivity index (χ2v) is 7.12. The molecule has 26 heavy (non-hydrogen) atoms. The van der Waals surface area contributed by atoms with Gasteiger partial charge in [-0.25, -0.2) is 0 Å². The van der Waals surface area contributed by atoms with Crippen LogP contribution in [0.25, 0.3) is 0 Å². The average molecular weight is 374 g/mol. The first-order chi connectivity index (χ1) is 12.7. The maximum atomic E-state index is 12.5. The minimum atomic E-state index is -0.117. The Balaban J connectivity index is 1.49. The van der Waals surface area contributed by atoms with Crippen LogP contribution in [-0.4, -0.2) is 46.6 Å². The molecule has 0 radical (unpaired) electrons. The molecule has 1 N–H and O–H groups in total. The van der Waals surface area contributed by atoms with E-state index < -0.39 is 0 Å². The highest BCUT2D eigenvalue weighted by Gasteiger charge is 2.28. The Kier molecular flexibility index (Phi) is 6.30. The molecule has 0 atom stereocenters. The largest absolute Gasteiger partial charge is 0.374 e. The van der Waals surface area contributed by atoms with Crippen LogP contribution in [0.2, 0.25) is 0 Å². The summed E-state index contributed by atoms with van der Waals surface area (Å²) >= 11 is 1.32. The van der Waals surface area contributed by atoms with E-state index in [-0.39, 0.29) is 17.7 Å². The molecule has 7 nitrogen and oxygen atoms in total. The van der Waals surface area contributed by atoms with Crippen LogP contribution in [0, 0.1) is 5.92 Å². The first-order valence-electron chi connectivity index (χ1n) is 8.72. The van der Waals surface area contributed by atoms with Gasteiger partial charge in [0, 0.05) is 31.2 Å². The van der Waals surface area contributed by atoms with Crippen LogP contribution in [0.1, 0.15) is 35.1 Å². The monoisotopic (exact) mass is 374 g/mol. The van der Waals surface area contributed by atoms with E-state index in [4.69, 9.17) is 4.74 Å². The highest BCUT2D eigenvalue weighted by atomic mass is 32.1. The lowest BCUT2D eigenvalue weighted by atomic mass is 9.95. The van der Waals surface area contributed by atoms with Crippen molar-refractivity contribution in [3.8, 4) is 0 Å². The van der Waals surface area contributed by atoms with Crippen LogP contribution in [0.3, 0.4) is 0 Å². The summed E-state index contributed by atoms with van der Waals surface area (Å²) in [6.45, 7) is 4.10. The number of benzene rings is 1. The third kappa shape index (κ3) is 4.64. The standard InChI is InChI=1S/C18H22N4O3S/c1-2-25-12-15-20-21-18(26-15)19-16(23)13-8-10-22(11-9-13)17(24)14-6-4-3-5-7-14/h3-7,13H,2,8-12H2,1H3,(H,19,21,23). The molecule has 2 amide bonds. The van der Waals surface area contributed by atoms with Gasteiger partial charge in [0.1, 0.15) is 11.6 Å². The quantitative estimate of drug-likeness (QED) is 0.840. The smallest absolute Gasteiger partial charge is 0.253 e. The van der Waals surface area contributed by atoms with Crippen molar-refractivity contribution in [1.82, 2.24) is 15.1 Å². The maximum absolute atomic E-state index is 12.5. The molecule has 1 aliphatic rings. The first-order valence-corrected chi connectivity index (χ1v) is 9.54. The van der Waals surface area contributed by atoms with E-state index >= 15 is 0 Å². The number of carbonyl (C=O) groups is 2. The Morgan fingerprint density at radius 3 is 2.65 bits per heavy atom. The maximum Gasteiger partial charge on any atom is 0.253 e. The summed E-state index contributed by atoms with van der Waals surface area (Å²) in [5.74, 6) is -0.154. The summed E-state index contributed by atoms with van der Waals surface area (Å²) in [7, 11) is 0. The normalized spacial score (nSPS) is 15.0. The third-order valence-corrected chi connectivity index (χ3v) is 5.11. The van der Waals surface area contributed by atoms with Gasteiger partial charge >= 0.3 is 0 Å². The van der Waals surface area contributed by atoms with Crippen LogP contribution in [0.15, 0.2) is 30.3 Å². The van der Waals surface area contributed by atoms with Crippen molar-refractivity contribution in [2.24, 2.45) is 5.92 Å². The van der Waals surface area contributed by atoms with Crippen molar-refractivity contribution in [2.45, 2.75) is 26.4 Å². The fourth-order valence-electron chi connectivity index (χ4n) is 2.87. The molecule has 3 rings (SSSR count). The highest BCUT2D eigenvalue weighted by molar-refractivity contribution is 7.15. The van der Waals surface area contributed by atoms with Crippen molar-refractivity contribution in [1.29, 1.82) is 0 Å². The number of anilines is 1. The summed E-state index contributed by atoms with van der Waals surface area (Å²) in [5.41, 5.74) is 0.686. The van der Waals surface area contributed by atoms with Gasteiger partial charge in [-0.1, -0.05) is 29.5 Å². The van der Waals surface area contributed by atoms with E-state index in [1.165, 1.54) is 11.3 Å². The van der Waals surface area contributed by atoms with Crippen molar-refractivity contribution in [2.75, 3.05) is 25.0 Å². The third-order valence-electron chi connectivity index (χ3n) is 4.30. The molecule has 0 unspecified atom stereocenters. The Hall–Kier alpha value is -2.32. The SMILES string of the molecule is CCOCc1nnc(NC(=O)C2CCN(C(=O)c3ccccc3)CC2)s1. The molecule has 0 bridgehead atoms. The van der Waals surface area contributed by atoms with E-state index in [9.17, 15) is 9.59 Å². The van der Waals surface area contributed by atoms with Gasteiger partial charge in [-0.3, -0.25) is 9.59 Å². The second-order valence-electron chi connectivity index (χ2n) is 6.06. The number of rotatable bonds is 6. The predicted octanol–water partition coefficient (Wildman–Crippen LogP) is 2.57. The Morgan fingerprint density at radius 1 is 1.23 bits per heavy atom. The predicted molar refractivity (Wildman–Crippen MR) is 98.9 cm³/mol. The fourth-order valence-corrected chi connectivity index (χ4v) is 3.55. The Bertz CT molecular complexity index is 742.